The van der Waals surface area contributed by atoms with E-state index in [0.717, 1.165) is 11.8 Å². The van der Waals surface area contributed by atoms with E-state index in [9.17, 15) is 8.42 Å². The monoisotopic (exact) mass is 423 g/mol. The zero-order valence-corrected chi connectivity index (χ0v) is 17.8. The molecule has 0 aliphatic rings. The van der Waals surface area contributed by atoms with E-state index in [1.165, 1.54) is 14.2 Å². The predicted molar refractivity (Wildman–Crippen MR) is 112 cm³/mol. The van der Waals surface area contributed by atoms with Crippen molar-refractivity contribution >= 4 is 21.7 Å². The topological polar surface area (TPSA) is 107 Å². The van der Waals surface area contributed by atoms with Crippen molar-refractivity contribution in [3.63, 3.8) is 0 Å². The van der Waals surface area contributed by atoms with Crippen LogP contribution in [0.25, 0.3) is 0 Å². The molecule has 0 aliphatic carbocycles. The Kier molecular flexibility index (Phi) is 7.54. The Balaban J connectivity index is 2.34. The summed E-state index contributed by atoms with van der Waals surface area (Å²) in [6.07, 6.45) is 1.05. The van der Waals surface area contributed by atoms with Gasteiger partial charge in [0.15, 0.2) is 11.5 Å². The number of nitrogens with one attached hydrogen (secondary N) is 2. The minimum atomic E-state index is -3.56. The summed E-state index contributed by atoms with van der Waals surface area (Å²) in [5.41, 5.74) is 1.30. The number of hydrogen-bond donors (Lipinski definition) is 2. The van der Waals surface area contributed by atoms with Gasteiger partial charge in [0.05, 0.1) is 41.2 Å². The molecule has 2 aromatic carbocycles. The summed E-state index contributed by atoms with van der Waals surface area (Å²) in [5, 5.41) is 2.95. The average Bonchev–Trinajstić information content (AvgIpc) is 2.70. The summed E-state index contributed by atoms with van der Waals surface area (Å²) >= 11 is 0. The number of aliphatic imine (C=N–C) groups is 1. The Morgan fingerprint density at radius 3 is 2.14 bits per heavy atom. The lowest BCUT2D eigenvalue weighted by atomic mass is 10.2. The van der Waals surface area contributed by atoms with E-state index in [4.69, 9.17) is 18.9 Å². The van der Waals surface area contributed by atoms with Crippen molar-refractivity contribution < 1.29 is 27.4 Å². The molecule has 2 aromatic rings. The molecule has 158 valence electrons. The molecular weight excluding hydrogens is 398 g/mol. The summed E-state index contributed by atoms with van der Waals surface area (Å²) in [6.45, 7) is 0.151. The number of rotatable bonds is 8. The molecule has 2 rings (SSSR count). The quantitative estimate of drug-likeness (QED) is 0.495. The molecule has 0 saturated heterocycles. The van der Waals surface area contributed by atoms with E-state index in [1.807, 2.05) is 0 Å². The van der Waals surface area contributed by atoms with Gasteiger partial charge in [-0.1, -0.05) is 0 Å². The van der Waals surface area contributed by atoms with E-state index in [1.54, 1.807) is 50.6 Å². The lowest BCUT2D eigenvalue weighted by molar-refractivity contribution is 0.355. The predicted octanol–water partition coefficient (Wildman–Crippen LogP) is 2.24. The summed E-state index contributed by atoms with van der Waals surface area (Å²) in [7, 11) is 2.59. The molecule has 0 spiro atoms. The maximum atomic E-state index is 11.8. The highest BCUT2D eigenvalue weighted by atomic mass is 32.2. The Bertz CT molecular complexity index is 976. The Hall–Kier alpha value is -3.14. The largest absolute Gasteiger partial charge is 0.497 e. The maximum absolute atomic E-state index is 11.8. The van der Waals surface area contributed by atoms with Gasteiger partial charge in [0.1, 0.15) is 11.5 Å². The van der Waals surface area contributed by atoms with Gasteiger partial charge in [-0.05, 0) is 30.3 Å². The molecule has 0 amide bonds. The Morgan fingerprint density at radius 2 is 1.55 bits per heavy atom. The highest BCUT2D eigenvalue weighted by molar-refractivity contribution is 7.89. The molecule has 2 N–H and O–H groups in total. The van der Waals surface area contributed by atoms with E-state index in [2.05, 4.69) is 15.0 Å². The van der Waals surface area contributed by atoms with Gasteiger partial charge < -0.3 is 24.3 Å². The van der Waals surface area contributed by atoms with Crippen LogP contribution in [0.3, 0.4) is 0 Å². The molecule has 0 saturated carbocycles. The van der Waals surface area contributed by atoms with Gasteiger partial charge in [-0.2, -0.15) is 0 Å². The summed E-state index contributed by atoms with van der Waals surface area (Å²) in [5.74, 6) is 2.34. The second-order valence-electron chi connectivity index (χ2n) is 5.91. The molecule has 9 nitrogen and oxygen atoms in total. The fourth-order valence-electron chi connectivity index (χ4n) is 2.49. The van der Waals surface area contributed by atoms with Crippen molar-refractivity contribution in [1.82, 2.24) is 4.72 Å². The lowest BCUT2D eigenvalue weighted by Gasteiger charge is -2.14. The van der Waals surface area contributed by atoms with Gasteiger partial charge in [0.25, 0.3) is 0 Å². The molecule has 10 heteroatoms. The normalized spacial score (nSPS) is 11.6. The summed E-state index contributed by atoms with van der Waals surface area (Å²) in [6, 6.07) is 10.4. The first-order chi connectivity index (χ1) is 13.8. The average molecular weight is 423 g/mol. The Labute approximate surface area is 170 Å². The van der Waals surface area contributed by atoms with E-state index in [-0.39, 0.29) is 12.5 Å². The molecule has 0 aromatic heterocycles. The van der Waals surface area contributed by atoms with Crippen LogP contribution in [-0.2, 0) is 16.6 Å². The van der Waals surface area contributed by atoms with E-state index < -0.39 is 10.0 Å². The van der Waals surface area contributed by atoms with E-state index >= 15 is 0 Å². The molecule has 0 radical (unpaired) electrons. The molecule has 29 heavy (non-hydrogen) atoms. The molecule has 0 bridgehead atoms. The van der Waals surface area contributed by atoms with Crippen molar-refractivity contribution in [3.8, 4) is 23.0 Å². The number of anilines is 1. The van der Waals surface area contributed by atoms with Crippen LogP contribution in [-0.4, -0.2) is 49.1 Å². The molecule has 0 aliphatic heterocycles. The zero-order valence-electron chi connectivity index (χ0n) is 17.0. The number of guanidine groups is 1. The second kappa shape index (κ2) is 9.87. The minimum absolute atomic E-state index is 0.0459. The fraction of sp³-hybridized carbons (Fsp3) is 0.316. The lowest BCUT2D eigenvalue weighted by Crippen LogP contribution is -2.35. The van der Waals surface area contributed by atoms with Crippen molar-refractivity contribution in [2.45, 2.75) is 6.54 Å². The number of ether oxygens (including phenoxy) is 4. The molecular formula is C19H25N3O6S. The Morgan fingerprint density at radius 1 is 0.897 bits per heavy atom. The van der Waals surface area contributed by atoms with Crippen LogP contribution in [0.5, 0.6) is 23.0 Å². The third-order valence-corrected chi connectivity index (χ3v) is 4.39. The van der Waals surface area contributed by atoms with E-state index in [0.29, 0.717) is 28.7 Å². The third kappa shape index (κ3) is 6.46. The second-order valence-corrected chi connectivity index (χ2v) is 7.66. The van der Waals surface area contributed by atoms with Crippen molar-refractivity contribution in [3.05, 3.63) is 42.0 Å². The SMILES string of the molecule is COc1ccc(OC)c(CN=C(Nc2ccc(OC)c(OC)c2)NS(C)(=O)=O)c1. The first kappa shape index (κ1) is 22.2. The van der Waals surface area contributed by atoms with Gasteiger partial charge in [-0.3, -0.25) is 4.72 Å². The standard InChI is InChI=1S/C19H25N3O6S/c1-25-15-7-9-16(26-2)13(10-15)12-20-19(22-29(5,23)24)21-14-6-8-17(27-3)18(11-14)28-4/h6-11H,12H2,1-5H3,(H2,20,21,22). The van der Waals surface area contributed by atoms with Crippen LogP contribution in [0.15, 0.2) is 41.4 Å². The maximum Gasteiger partial charge on any atom is 0.232 e. The number of sulfonamides is 1. The van der Waals surface area contributed by atoms with Crippen LogP contribution in [0.1, 0.15) is 5.56 Å². The summed E-state index contributed by atoms with van der Waals surface area (Å²) < 4.78 is 47.0. The number of hydrogen-bond acceptors (Lipinski definition) is 7. The molecule has 0 atom stereocenters. The fourth-order valence-corrected chi connectivity index (χ4v) is 2.96. The van der Waals surface area contributed by atoms with Crippen molar-refractivity contribution in [2.75, 3.05) is 40.0 Å². The van der Waals surface area contributed by atoms with Gasteiger partial charge in [-0.25, -0.2) is 13.4 Å². The van der Waals surface area contributed by atoms with Crippen LogP contribution in [0.2, 0.25) is 0 Å². The number of benzene rings is 2. The smallest absolute Gasteiger partial charge is 0.232 e. The van der Waals surface area contributed by atoms with Crippen LogP contribution >= 0.6 is 0 Å². The number of methoxy groups -OCH3 is 4. The number of nitrogens with zero attached hydrogens (tertiary/aromatic N) is 1. The highest BCUT2D eigenvalue weighted by Crippen LogP contribution is 2.30. The van der Waals surface area contributed by atoms with Crippen molar-refractivity contribution in [1.29, 1.82) is 0 Å². The van der Waals surface area contributed by atoms with Gasteiger partial charge in [0, 0.05) is 17.3 Å². The highest BCUT2D eigenvalue weighted by Gasteiger charge is 2.11. The summed E-state index contributed by atoms with van der Waals surface area (Å²) in [4.78, 5) is 4.36. The minimum Gasteiger partial charge on any atom is -0.497 e. The van der Waals surface area contributed by atoms with Gasteiger partial charge in [-0.15, -0.1) is 0 Å². The van der Waals surface area contributed by atoms with Crippen LogP contribution < -0.4 is 29.0 Å². The van der Waals surface area contributed by atoms with Crippen molar-refractivity contribution in [2.24, 2.45) is 4.99 Å². The first-order valence-corrected chi connectivity index (χ1v) is 10.4. The molecule has 0 fully saturated rings. The first-order valence-electron chi connectivity index (χ1n) is 8.51. The van der Waals surface area contributed by atoms with Crippen LogP contribution in [0, 0.1) is 0 Å². The molecule has 0 unspecified atom stereocenters. The van der Waals surface area contributed by atoms with Gasteiger partial charge >= 0.3 is 0 Å². The molecule has 0 heterocycles. The zero-order chi connectivity index (χ0) is 21.4. The van der Waals surface area contributed by atoms with Crippen LogP contribution in [0.4, 0.5) is 5.69 Å². The third-order valence-electron chi connectivity index (χ3n) is 3.82. The van der Waals surface area contributed by atoms with Gasteiger partial charge in [0.2, 0.25) is 16.0 Å².